The number of ether oxygens (including phenoxy) is 4. The van der Waals surface area contributed by atoms with Crippen LogP contribution >= 0.6 is 0 Å². The van der Waals surface area contributed by atoms with Gasteiger partial charge in [-0.25, -0.2) is 0 Å². The SMILES string of the molecule is CC[C@@H](Oc1ccccc1)C(=O)NCc1cc(OC)c(OC)c(OC)c1. The van der Waals surface area contributed by atoms with E-state index in [0.29, 0.717) is 36.0 Å². The minimum absolute atomic E-state index is 0.176. The van der Waals surface area contributed by atoms with Crippen LogP contribution in [-0.2, 0) is 11.3 Å². The van der Waals surface area contributed by atoms with Crippen LogP contribution in [0.2, 0.25) is 0 Å². The maximum atomic E-state index is 12.5. The molecule has 6 heteroatoms. The minimum Gasteiger partial charge on any atom is -0.493 e. The van der Waals surface area contributed by atoms with E-state index >= 15 is 0 Å². The summed E-state index contributed by atoms with van der Waals surface area (Å²) < 4.78 is 21.7. The third-order valence-corrected chi connectivity index (χ3v) is 3.88. The van der Waals surface area contributed by atoms with Gasteiger partial charge in [-0.15, -0.1) is 0 Å². The smallest absolute Gasteiger partial charge is 0.261 e. The molecule has 0 aromatic heterocycles. The number of methoxy groups -OCH3 is 3. The van der Waals surface area contributed by atoms with Crippen molar-refractivity contribution < 1.29 is 23.7 Å². The Kier molecular flexibility index (Phi) is 7.14. The molecule has 0 aliphatic heterocycles. The molecule has 2 aromatic rings. The Morgan fingerprint density at radius 1 is 1.00 bits per heavy atom. The zero-order valence-corrected chi connectivity index (χ0v) is 15.6. The van der Waals surface area contributed by atoms with Gasteiger partial charge in [-0.1, -0.05) is 25.1 Å². The maximum absolute atomic E-state index is 12.5. The van der Waals surface area contributed by atoms with Gasteiger partial charge in [0.1, 0.15) is 5.75 Å². The normalized spacial score (nSPS) is 11.4. The van der Waals surface area contributed by atoms with Gasteiger partial charge >= 0.3 is 0 Å². The van der Waals surface area contributed by atoms with Crippen molar-refractivity contribution in [3.8, 4) is 23.0 Å². The first-order chi connectivity index (χ1) is 12.6. The number of nitrogens with one attached hydrogen (secondary N) is 1. The van der Waals surface area contributed by atoms with Crippen LogP contribution in [-0.4, -0.2) is 33.3 Å². The highest BCUT2D eigenvalue weighted by Gasteiger charge is 2.19. The molecule has 0 aliphatic carbocycles. The molecule has 0 saturated heterocycles. The van der Waals surface area contributed by atoms with E-state index in [0.717, 1.165) is 5.56 Å². The summed E-state index contributed by atoms with van der Waals surface area (Å²) in [5.74, 6) is 2.10. The van der Waals surface area contributed by atoms with Crippen LogP contribution in [0.3, 0.4) is 0 Å². The van der Waals surface area contributed by atoms with Gasteiger partial charge in [-0.05, 0) is 36.2 Å². The first-order valence-electron chi connectivity index (χ1n) is 8.41. The van der Waals surface area contributed by atoms with Gasteiger partial charge in [-0.3, -0.25) is 4.79 Å². The molecule has 0 heterocycles. The summed E-state index contributed by atoms with van der Waals surface area (Å²) in [5, 5.41) is 2.89. The molecular formula is C20H25NO5. The Morgan fingerprint density at radius 3 is 2.12 bits per heavy atom. The molecule has 1 N–H and O–H groups in total. The number of amides is 1. The predicted octanol–water partition coefficient (Wildman–Crippen LogP) is 3.19. The number of benzene rings is 2. The first kappa shape index (κ1) is 19.4. The van der Waals surface area contributed by atoms with Gasteiger partial charge in [-0.2, -0.15) is 0 Å². The zero-order valence-electron chi connectivity index (χ0n) is 15.6. The van der Waals surface area contributed by atoms with Crippen LogP contribution in [0.15, 0.2) is 42.5 Å². The second kappa shape index (κ2) is 9.56. The summed E-state index contributed by atoms with van der Waals surface area (Å²) in [6.07, 6.45) is 0.00938. The molecule has 1 atom stereocenters. The van der Waals surface area contributed by atoms with E-state index in [-0.39, 0.29) is 5.91 Å². The van der Waals surface area contributed by atoms with Gasteiger partial charge in [0.25, 0.3) is 5.91 Å². The molecule has 0 fully saturated rings. The van der Waals surface area contributed by atoms with E-state index in [1.54, 1.807) is 33.5 Å². The lowest BCUT2D eigenvalue weighted by atomic mass is 10.1. The van der Waals surface area contributed by atoms with Crippen LogP contribution in [0.1, 0.15) is 18.9 Å². The van der Waals surface area contributed by atoms with E-state index in [1.165, 1.54) is 0 Å². The molecule has 1 amide bonds. The van der Waals surface area contributed by atoms with Crippen molar-refractivity contribution in [2.75, 3.05) is 21.3 Å². The molecule has 0 saturated carbocycles. The van der Waals surface area contributed by atoms with Crippen molar-refractivity contribution in [1.29, 1.82) is 0 Å². The quantitative estimate of drug-likeness (QED) is 0.745. The first-order valence-corrected chi connectivity index (χ1v) is 8.41. The Morgan fingerprint density at radius 2 is 1.62 bits per heavy atom. The van der Waals surface area contributed by atoms with Crippen molar-refractivity contribution in [3.05, 3.63) is 48.0 Å². The topological polar surface area (TPSA) is 66.0 Å². The summed E-state index contributed by atoms with van der Waals surface area (Å²) in [6.45, 7) is 2.23. The van der Waals surface area contributed by atoms with Crippen molar-refractivity contribution >= 4 is 5.91 Å². The molecule has 2 rings (SSSR count). The molecule has 0 aliphatic rings. The molecule has 0 unspecified atom stereocenters. The fourth-order valence-corrected chi connectivity index (χ4v) is 2.53. The van der Waals surface area contributed by atoms with Crippen LogP contribution in [0.5, 0.6) is 23.0 Å². The largest absolute Gasteiger partial charge is 0.493 e. The maximum Gasteiger partial charge on any atom is 0.261 e. The summed E-state index contributed by atoms with van der Waals surface area (Å²) in [4.78, 5) is 12.5. The lowest BCUT2D eigenvalue weighted by Crippen LogP contribution is -2.37. The van der Waals surface area contributed by atoms with E-state index in [1.807, 2.05) is 37.3 Å². The minimum atomic E-state index is -0.556. The third-order valence-electron chi connectivity index (χ3n) is 3.88. The summed E-state index contributed by atoms with van der Waals surface area (Å²) >= 11 is 0. The monoisotopic (exact) mass is 359 g/mol. The lowest BCUT2D eigenvalue weighted by Gasteiger charge is -2.18. The number of hydrogen-bond donors (Lipinski definition) is 1. The molecule has 2 aromatic carbocycles. The molecule has 6 nitrogen and oxygen atoms in total. The highest BCUT2D eigenvalue weighted by molar-refractivity contribution is 5.81. The molecule has 26 heavy (non-hydrogen) atoms. The fourth-order valence-electron chi connectivity index (χ4n) is 2.53. The zero-order chi connectivity index (χ0) is 18.9. The van der Waals surface area contributed by atoms with Gasteiger partial charge in [0, 0.05) is 6.54 Å². The Bertz CT molecular complexity index is 692. The third kappa shape index (κ3) is 4.81. The van der Waals surface area contributed by atoms with E-state index < -0.39 is 6.10 Å². The van der Waals surface area contributed by atoms with Gasteiger partial charge in [0.05, 0.1) is 21.3 Å². The Labute approximate surface area is 154 Å². The Balaban J connectivity index is 2.05. The van der Waals surface area contributed by atoms with E-state index in [2.05, 4.69) is 5.32 Å². The highest BCUT2D eigenvalue weighted by atomic mass is 16.5. The average molecular weight is 359 g/mol. The number of hydrogen-bond acceptors (Lipinski definition) is 5. The van der Waals surface area contributed by atoms with Crippen LogP contribution in [0, 0.1) is 0 Å². The van der Waals surface area contributed by atoms with Gasteiger partial charge in [0.15, 0.2) is 17.6 Å². The molecule has 0 spiro atoms. The second-order valence-electron chi connectivity index (χ2n) is 5.58. The van der Waals surface area contributed by atoms with Crippen molar-refractivity contribution in [1.82, 2.24) is 5.32 Å². The molecule has 0 radical (unpaired) electrons. The average Bonchev–Trinajstić information content (AvgIpc) is 2.69. The Hall–Kier alpha value is -2.89. The summed E-state index contributed by atoms with van der Waals surface area (Å²) in [7, 11) is 4.66. The lowest BCUT2D eigenvalue weighted by molar-refractivity contribution is -0.128. The molecular weight excluding hydrogens is 334 g/mol. The molecule has 140 valence electrons. The van der Waals surface area contributed by atoms with Crippen LogP contribution < -0.4 is 24.3 Å². The van der Waals surface area contributed by atoms with Crippen molar-refractivity contribution in [2.24, 2.45) is 0 Å². The highest BCUT2D eigenvalue weighted by Crippen LogP contribution is 2.38. The van der Waals surface area contributed by atoms with E-state index in [4.69, 9.17) is 18.9 Å². The number of para-hydroxylation sites is 1. The number of rotatable bonds is 9. The predicted molar refractivity (Wildman–Crippen MR) is 99.1 cm³/mol. The molecule has 0 bridgehead atoms. The van der Waals surface area contributed by atoms with Crippen molar-refractivity contribution in [2.45, 2.75) is 26.0 Å². The van der Waals surface area contributed by atoms with E-state index in [9.17, 15) is 4.79 Å². The summed E-state index contributed by atoms with van der Waals surface area (Å²) in [6, 6.07) is 12.9. The van der Waals surface area contributed by atoms with Crippen LogP contribution in [0.4, 0.5) is 0 Å². The second-order valence-corrected chi connectivity index (χ2v) is 5.58. The number of carbonyl (C=O) groups excluding carboxylic acids is 1. The fraction of sp³-hybridized carbons (Fsp3) is 0.350. The summed E-state index contributed by atoms with van der Waals surface area (Å²) in [5.41, 5.74) is 0.836. The van der Waals surface area contributed by atoms with Crippen molar-refractivity contribution in [3.63, 3.8) is 0 Å². The number of carbonyl (C=O) groups is 1. The van der Waals surface area contributed by atoms with Gasteiger partial charge in [0.2, 0.25) is 5.75 Å². The van der Waals surface area contributed by atoms with Crippen LogP contribution in [0.25, 0.3) is 0 Å². The standard InChI is InChI=1S/C20H25NO5/c1-5-16(26-15-9-7-6-8-10-15)20(22)21-13-14-11-17(23-2)19(25-4)18(12-14)24-3/h6-12,16H,5,13H2,1-4H3,(H,21,22)/t16-/m1/s1. The van der Waals surface area contributed by atoms with Gasteiger partial charge < -0.3 is 24.3 Å².